The van der Waals surface area contributed by atoms with Crippen LogP contribution < -0.4 is 10.3 Å². The molecule has 150 valence electrons. The SMILES string of the molecule is CCOC(=O)c1nc2n(c(=O)c1OCc1ccccc1)CCS(=O)(=O)C2(C)C. The third-order valence-corrected chi connectivity index (χ3v) is 7.18. The number of aromatic nitrogens is 2. The molecule has 0 N–H and O–H groups in total. The number of nitrogens with zero attached hydrogens (tertiary/aromatic N) is 2. The lowest BCUT2D eigenvalue weighted by molar-refractivity contribution is 0.0511. The quantitative estimate of drug-likeness (QED) is 0.696. The van der Waals surface area contributed by atoms with Crippen LogP contribution in [0.25, 0.3) is 0 Å². The molecule has 1 aliphatic heterocycles. The summed E-state index contributed by atoms with van der Waals surface area (Å²) < 4.78 is 35.5. The highest BCUT2D eigenvalue weighted by Crippen LogP contribution is 2.33. The minimum atomic E-state index is -3.53. The van der Waals surface area contributed by atoms with Crippen LogP contribution in [0.3, 0.4) is 0 Å². The van der Waals surface area contributed by atoms with E-state index in [2.05, 4.69) is 4.98 Å². The minimum Gasteiger partial charge on any atom is -0.481 e. The van der Waals surface area contributed by atoms with Crippen molar-refractivity contribution in [2.24, 2.45) is 0 Å². The monoisotopic (exact) mass is 406 g/mol. The molecule has 0 amide bonds. The van der Waals surface area contributed by atoms with Crippen LogP contribution in [0.5, 0.6) is 5.75 Å². The van der Waals surface area contributed by atoms with Gasteiger partial charge in [-0.3, -0.25) is 9.36 Å². The van der Waals surface area contributed by atoms with Crippen LogP contribution in [0, 0.1) is 0 Å². The van der Waals surface area contributed by atoms with Crippen LogP contribution in [0.2, 0.25) is 0 Å². The standard InChI is InChI=1S/C19H22N2O6S/c1-4-26-17(23)14-15(27-12-13-8-6-5-7-9-13)16(22)21-10-11-28(24,25)19(2,3)18(21)20-14/h5-9H,4,10-12H2,1-3H3. The van der Waals surface area contributed by atoms with Gasteiger partial charge in [0, 0.05) is 6.54 Å². The second-order valence-corrected chi connectivity index (χ2v) is 9.55. The number of hydrogen-bond donors (Lipinski definition) is 0. The Morgan fingerprint density at radius 1 is 1.25 bits per heavy atom. The number of rotatable bonds is 5. The first-order chi connectivity index (χ1) is 13.2. The van der Waals surface area contributed by atoms with Gasteiger partial charge in [0.25, 0.3) is 5.56 Å². The molecule has 1 aromatic heterocycles. The Hall–Kier alpha value is -2.68. The Morgan fingerprint density at radius 3 is 2.57 bits per heavy atom. The fourth-order valence-electron chi connectivity index (χ4n) is 3.01. The zero-order valence-corrected chi connectivity index (χ0v) is 16.8. The van der Waals surface area contributed by atoms with Gasteiger partial charge in [0.1, 0.15) is 17.2 Å². The highest BCUT2D eigenvalue weighted by atomic mass is 32.2. The second-order valence-electron chi connectivity index (χ2n) is 6.89. The summed E-state index contributed by atoms with van der Waals surface area (Å²) in [5.41, 5.74) is -0.0893. The lowest BCUT2D eigenvalue weighted by atomic mass is 10.1. The predicted octanol–water partition coefficient (Wildman–Crippen LogP) is 1.66. The summed E-state index contributed by atoms with van der Waals surface area (Å²) in [4.78, 5) is 29.7. The number of carbonyl (C=O) groups is 1. The number of hydrogen-bond acceptors (Lipinski definition) is 7. The Kier molecular flexibility index (Phi) is 5.29. The van der Waals surface area contributed by atoms with Gasteiger partial charge >= 0.3 is 5.97 Å². The van der Waals surface area contributed by atoms with Gasteiger partial charge in [-0.15, -0.1) is 0 Å². The van der Waals surface area contributed by atoms with Crippen LogP contribution in [-0.4, -0.2) is 36.3 Å². The summed E-state index contributed by atoms with van der Waals surface area (Å²) in [5, 5.41) is 0. The maximum absolute atomic E-state index is 13.1. The van der Waals surface area contributed by atoms with E-state index in [0.717, 1.165) is 5.56 Å². The molecule has 0 bridgehead atoms. The van der Waals surface area contributed by atoms with Crippen molar-refractivity contribution in [2.75, 3.05) is 12.4 Å². The first-order valence-electron chi connectivity index (χ1n) is 8.90. The van der Waals surface area contributed by atoms with E-state index in [1.807, 2.05) is 30.3 Å². The number of benzene rings is 1. The van der Waals surface area contributed by atoms with Gasteiger partial charge < -0.3 is 9.47 Å². The zero-order valence-electron chi connectivity index (χ0n) is 16.0. The van der Waals surface area contributed by atoms with E-state index in [-0.39, 0.29) is 42.8 Å². The third kappa shape index (κ3) is 3.42. The maximum atomic E-state index is 13.1. The van der Waals surface area contributed by atoms with Crippen molar-refractivity contribution in [2.45, 2.75) is 38.7 Å². The molecular formula is C19H22N2O6S. The van der Waals surface area contributed by atoms with Crippen molar-refractivity contribution in [3.8, 4) is 5.75 Å². The molecule has 0 spiro atoms. The van der Waals surface area contributed by atoms with E-state index >= 15 is 0 Å². The van der Waals surface area contributed by atoms with E-state index < -0.39 is 26.1 Å². The van der Waals surface area contributed by atoms with E-state index in [1.54, 1.807) is 6.92 Å². The molecule has 8 nitrogen and oxygen atoms in total. The van der Waals surface area contributed by atoms with E-state index in [9.17, 15) is 18.0 Å². The number of esters is 1. The smallest absolute Gasteiger partial charge is 0.361 e. The molecule has 0 atom stereocenters. The molecule has 1 aliphatic rings. The van der Waals surface area contributed by atoms with Gasteiger partial charge in [-0.2, -0.15) is 0 Å². The first-order valence-corrected chi connectivity index (χ1v) is 10.6. The van der Waals surface area contributed by atoms with Crippen molar-refractivity contribution in [1.82, 2.24) is 9.55 Å². The molecule has 0 radical (unpaired) electrons. The van der Waals surface area contributed by atoms with Crippen LogP contribution in [-0.2, 0) is 32.5 Å². The summed E-state index contributed by atoms with van der Waals surface area (Å²) in [6.45, 7) is 4.67. The topological polar surface area (TPSA) is 105 Å². The zero-order chi connectivity index (χ0) is 20.5. The highest BCUT2D eigenvalue weighted by Gasteiger charge is 2.44. The summed E-state index contributed by atoms with van der Waals surface area (Å²) >= 11 is 0. The van der Waals surface area contributed by atoms with Crippen LogP contribution in [0.4, 0.5) is 0 Å². The largest absolute Gasteiger partial charge is 0.481 e. The van der Waals surface area contributed by atoms with Crippen molar-refractivity contribution < 1.29 is 22.7 Å². The molecular weight excluding hydrogens is 384 g/mol. The normalized spacial score (nSPS) is 16.8. The Morgan fingerprint density at radius 2 is 1.93 bits per heavy atom. The second kappa shape index (κ2) is 7.38. The molecule has 3 rings (SSSR count). The number of fused-ring (bicyclic) bond motifs is 1. The highest BCUT2D eigenvalue weighted by molar-refractivity contribution is 7.92. The van der Waals surface area contributed by atoms with Crippen molar-refractivity contribution in [3.05, 3.63) is 57.8 Å². The number of ether oxygens (including phenoxy) is 2. The average molecular weight is 406 g/mol. The Labute approximate surface area is 163 Å². The average Bonchev–Trinajstić information content (AvgIpc) is 2.65. The molecule has 1 aromatic carbocycles. The molecule has 2 aromatic rings. The van der Waals surface area contributed by atoms with Crippen LogP contribution in [0.15, 0.2) is 35.1 Å². The lowest BCUT2D eigenvalue weighted by Crippen LogP contribution is -2.46. The molecule has 0 fully saturated rings. The van der Waals surface area contributed by atoms with E-state index in [1.165, 1.54) is 18.4 Å². The summed E-state index contributed by atoms with van der Waals surface area (Å²) in [6.07, 6.45) is 0. The Bertz CT molecular complexity index is 1060. The van der Waals surface area contributed by atoms with Crippen molar-refractivity contribution in [1.29, 1.82) is 0 Å². The predicted molar refractivity (Wildman–Crippen MR) is 102 cm³/mol. The summed E-state index contributed by atoms with van der Waals surface area (Å²) in [7, 11) is -3.53. The fraction of sp³-hybridized carbons (Fsp3) is 0.421. The van der Waals surface area contributed by atoms with Crippen molar-refractivity contribution >= 4 is 15.8 Å². The number of sulfone groups is 1. The molecule has 0 aliphatic carbocycles. The van der Waals surface area contributed by atoms with Crippen molar-refractivity contribution in [3.63, 3.8) is 0 Å². The molecule has 0 saturated carbocycles. The maximum Gasteiger partial charge on any atom is 0.361 e. The van der Waals surface area contributed by atoms with Gasteiger partial charge in [0.2, 0.25) is 5.75 Å². The van der Waals surface area contributed by atoms with Gasteiger partial charge in [-0.25, -0.2) is 18.2 Å². The van der Waals surface area contributed by atoms with Crippen LogP contribution >= 0.6 is 0 Å². The molecule has 2 heterocycles. The summed E-state index contributed by atoms with van der Waals surface area (Å²) in [6, 6.07) is 9.16. The minimum absolute atomic E-state index is 0.0128. The molecule has 28 heavy (non-hydrogen) atoms. The fourth-order valence-corrected chi connectivity index (χ4v) is 4.37. The molecule has 0 saturated heterocycles. The van der Waals surface area contributed by atoms with Gasteiger partial charge in [-0.05, 0) is 26.3 Å². The summed E-state index contributed by atoms with van der Waals surface area (Å²) in [5.74, 6) is -1.24. The van der Waals surface area contributed by atoms with E-state index in [0.29, 0.717) is 0 Å². The third-order valence-electron chi connectivity index (χ3n) is 4.72. The Balaban J connectivity index is 2.14. The van der Waals surface area contributed by atoms with Crippen LogP contribution in [0.1, 0.15) is 42.6 Å². The van der Waals surface area contributed by atoms with Gasteiger partial charge in [0.05, 0.1) is 12.4 Å². The van der Waals surface area contributed by atoms with E-state index in [4.69, 9.17) is 9.47 Å². The molecule has 9 heteroatoms. The number of carbonyl (C=O) groups excluding carboxylic acids is 1. The first kappa shape index (κ1) is 20.1. The van der Waals surface area contributed by atoms with Gasteiger partial charge in [-0.1, -0.05) is 30.3 Å². The lowest BCUT2D eigenvalue weighted by Gasteiger charge is -2.32. The van der Waals surface area contributed by atoms with Gasteiger partial charge in [0.15, 0.2) is 15.5 Å². The molecule has 0 unspecified atom stereocenters.